The van der Waals surface area contributed by atoms with E-state index in [2.05, 4.69) is 50.8 Å². The van der Waals surface area contributed by atoms with E-state index in [0.717, 1.165) is 43.3 Å². The zero-order valence-corrected chi connectivity index (χ0v) is 14.6. The van der Waals surface area contributed by atoms with Crippen molar-refractivity contribution in [3.05, 3.63) is 41.2 Å². The third-order valence-corrected chi connectivity index (χ3v) is 5.69. The van der Waals surface area contributed by atoms with Gasteiger partial charge in [0.15, 0.2) is 0 Å². The quantitative estimate of drug-likeness (QED) is 0.724. The molecular formula is C17H21N5S. The molecule has 4 rings (SSSR count). The number of aromatic nitrogens is 4. The summed E-state index contributed by atoms with van der Waals surface area (Å²) in [5.74, 6) is 2.11. The van der Waals surface area contributed by atoms with Crippen molar-refractivity contribution in [1.82, 2.24) is 19.4 Å². The number of fused-ring (bicyclic) bond motifs is 1. The van der Waals surface area contributed by atoms with E-state index in [1.165, 1.54) is 10.5 Å². The first-order chi connectivity index (χ1) is 11.1. The van der Waals surface area contributed by atoms with E-state index in [1.54, 1.807) is 17.7 Å². The summed E-state index contributed by atoms with van der Waals surface area (Å²) in [5, 5.41) is 2.14. The van der Waals surface area contributed by atoms with Gasteiger partial charge in [0.1, 0.15) is 22.8 Å². The molecule has 3 aromatic heterocycles. The van der Waals surface area contributed by atoms with Crippen LogP contribution in [0.4, 0.5) is 5.82 Å². The van der Waals surface area contributed by atoms with Crippen molar-refractivity contribution in [2.45, 2.75) is 39.0 Å². The van der Waals surface area contributed by atoms with Gasteiger partial charge in [-0.15, -0.1) is 11.3 Å². The van der Waals surface area contributed by atoms with Crippen LogP contribution < -0.4 is 4.90 Å². The Hall–Kier alpha value is -1.95. The van der Waals surface area contributed by atoms with Crippen molar-refractivity contribution in [3.63, 3.8) is 0 Å². The summed E-state index contributed by atoms with van der Waals surface area (Å²) in [5.41, 5.74) is 2.31. The minimum atomic E-state index is 0.0570. The van der Waals surface area contributed by atoms with Crippen molar-refractivity contribution in [2.75, 3.05) is 18.0 Å². The largest absolute Gasteiger partial charge is 0.356 e. The molecule has 3 aromatic rings. The first-order valence-electron chi connectivity index (χ1n) is 8.03. The van der Waals surface area contributed by atoms with Gasteiger partial charge in [-0.1, -0.05) is 6.92 Å². The highest BCUT2D eigenvalue weighted by Gasteiger charge is 2.37. The van der Waals surface area contributed by atoms with E-state index in [9.17, 15) is 0 Å². The molecule has 0 unspecified atom stereocenters. The SMILES string of the molecule is Cc1cc(N2CCC[C@@](C)(c3nc(C)n4ccsc34)C2)ncn1. The number of imidazole rings is 1. The Morgan fingerprint density at radius 3 is 2.96 bits per heavy atom. The average Bonchev–Trinajstić information content (AvgIpc) is 3.12. The first kappa shape index (κ1) is 14.6. The normalized spacial score (nSPS) is 22.0. The summed E-state index contributed by atoms with van der Waals surface area (Å²) in [6.07, 6.45) is 6.10. The molecule has 1 aliphatic rings. The molecule has 1 aliphatic heterocycles. The van der Waals surface area contributed by atoms with Crippen LogP contribution in [0.3, 0.4) is 0 Å². The predicted molar refractivity (Wildman–Crippen MR) is 93.4 cm³/mol. The van der Waals surface area contributed by atoms with Gasteiger partial charge >= 0.3 is 0 Å². The van der Waals surface area contributed by atoms with E-state index in [-0.39, 0.29) is 5.41 Å². The van der Waals surface area contributed by atoms with Crippen LogP contribution in [0.5, 0.6) is 0 Å². The second-order valence-electron chi connectivity index (χ2n) is 6.69. The third kappa shape index (κ3) is 2.41. The van der Waals surface area contributed by atoms with E-state index in [4.69, 9.17) is 4.98 Å². The number of piperidine rings is 1. The zero-order chi connectivity index (χ0) is 16.0. The number of anilines is 1. The van der Waals surface area contributed by atoms with Crippen LogP contribution in [-0.2, 0) is 5.41 Å². The van der Waals surface area contributed by atoms with Crippen LogP contribution in [0.25, 0.3) is 4.83 Å². The molecule has 0 radical (unpaired) electrons. The highest BCUT2D eigenvalue weighted by molar-refractivity contribution is 7.15. The molecular weight excluding hydrogens is 306 g/mol. The average molecular weight is 327 g/mol. The Bertz CT molecular complexity index is 852. The smallest absolute Gasteiger partial charge is 0.132 e. The number of hydrogen-bond donors (Lipinski definition) is 0. The Balaban J connectivity index is 1.72. The lowest BCUT2D eigenvalue weighted by Crippen LogP contribution is -2.45. The van der Waals surface area contributed by atoms with Crippen LogP contribution in [-0.4, -0.2) is 32.4 Å². The van der Waals surface area contributed by atoms with Crippen LogP contribution in [0.2, 0.25) is 0 Å². The van der Waals surface area contributed by atoms with E-state index < -0.39 is 0 Å². The van der Waals surface area contributed by atoms with Crippen molar-refractivity contribution in [3.8, 4) is 0 Å². The lowest BCUT2D eigenvalue weighted by Gasteiger charge is -2.40. The number of aryl methyl sites for hydroxylation is 2. The topological polar surface area (TPSA) is 46.3 Å². The predicted octanol–water partition coefficient (Wildman–Crippen LogP) is 3.36. The molecule has 120 valence electrons. The Kier molecular flexibility index (Phi) is 3.37. The second kappa shape index (κ2) is 5.30. The maximum Gasteiger partial charge on any atom is 0.132 e. The van der Waals surface area contributed by atoms with Gasteiger partial charge in [-0.25, -0.2) is 15.0 Å². The molecule has 5 nitrogen and oxygen atoms in total. The highest BCUT2D eigenvalue weighted by Crippen LogP contribution is 2.38. The number of thiazole rings is 1. The molecule has 1 saturated heterocycles. The van der Waals surface area contributed by atoms with Crippen LogP contribution in [0.15, 0.2) is 24.0 Å². The van der Waals surface area contributed by atoms with Gasteiger partial charge in [-0.3, -0.25) is 4.40 Å². The molecule has 23 heavy (non-hydrogen) atoms. The molecule has 1 atom stereocenters. The molecule has 0 N–H and O–H groups in total. The van der Waals surface area contributed by atoms with Crippen molar-refractivity contribution >= 4 is 22.0 Å². The van der Waals surface area contributed by atoms with Crippen molar-refractivity contribution < 1.29 is 0 Å². The fraction of sp³-hybridized carbons (Fsp3) is 0.471. The summed E-state index contributed by atoms with van der Waals surface area (Å²) < 4.78 is 2.21. The van der Waals surface area contributed by atoms with E-state index >= 15 is 0 Å². The van der Waals surface area contributed by atoms with Crippen LogP contribution in [0.1, 0.15) is 37.0 Å². The van der Waals surface area contributed by atoms with Gasteiger partial charge in [0, 0.05) is 41.8 Å². The van der Waals surface area contributed by atoms with Gasteiger partial charge in [0.2, 0.25) is 0 Å². The summed E-state index contributed by atoms with van der Waals surface area (Å²) >= 11 is 1.78. The van der Waals surface area contributed by atoms with Crippen LogP contribution >= 0.6 is 11.3 Å². The van der Waals surface area contributed by atoms with E-state index in [0.29, 0.717) is 0 Å². The maximum atomic E-state index is 4.90. The summed E-state index contributed by atoms with van der Waals surface area (Å²) in [4.78, 5) is 17.3. The summed E-state index contributed by atoms with van der Waals surface area (Å²) in [6, 6.07) is 2.07. The zero-order valence-electron chi connectivity index (χ0n) is 13.8. The molecule has 0 saturated carbocycles. The minimum absolute atomic E-state index is 0.0570. The molecule has 0 amide bonds. The maximum absolute atomic E-state index is 4.90. The molecule has 6 heteroatoms. The van der Waals surface area contributed by atoms with Gasteiger partial charge in [0.25, 0.3) is 0 Å². The van der Waals surface area contributed by atoms with E-state index in [1.807, 2.05) is 6.92 Å². The van der Waals surface area contributed by atoms with Crippen LogP contribution in [0, 0.1) is 13.8 Å². The highest BCUT2D eigenvalue weighted by atomic mass is 32.1. The minimum Gasteiger partial charge on any atom is -0.356 e. The molecule has 0 spiro atoms. The number of nitrogens with zero attached hydrogens (tertiary/aromatic N) is 5. The Morgan fingerprint density at radius 1 is 1.26 bits per heavy atom. The summed E-state index contributed by atoms with van der Waals surface area (Å²) in [6.45, 7) is 8.44. The molecule has 1 fully saturated rings. The van der Waals surface area contributed by atoms with Gasteiger partial charge < -0.3 is 4.90 Å². The lowest BCUT2D eigenvalue weighted by atomic mass is 9.79. The third-order valence-electron chi connectivity index (χ3n) is 4.81. The fourth-order valence-corrected chi connectivity index (χ4v) is 4.62. The first-order valence-corrected chi connectivity index (χ1v) is 8.91. The standard InChI is InChI=1S/C17H21N5S/c1-12-9-14(19-11-18-12)21-6-4-5-17(3,10-21)15-16-22(7-8-23-16)13(2)20-15/h7-9,11H,4-6,10H2,1-3H3/t17-/m1/s1. The lowest BCUT2D eigenvalue weighted by molar-refractivity contribution is 0.367. The fourth-order valence-electron chi connectivity index (χ4n) is 3.60. The molecule has 0 bridgehead atoms. The Labute approximate surface area is 140 Å². The van der Waals surface area contributed by atoms with Gasteiger partial charge in [0.05, 0.1) is 5.69 Å². The van der Waals surface area contributed by atoms with Gasteiger partial charge in [-0.2, -0.15) is 0 Å². The molecule has 4 heterocycles. The number of hydrogen-bond acceptors (Lipinski definition) is 5. The van der Waals surface area contributed by atoms with Gasteiger partial charge in [-0.05, 0) is 26.7 Å². The van der Waals surface area contributed by atoms with Crippen molar-refractivity contribution in [1.29, 1.82) is 0 Å². The number of rotatable bonds is 2. The summed E-state index contributed by atoms with van der Waals surface area (Å²) in [7, 11) is 0. The Morgan fingerprint density at radius 2 is 2.13 bits per heavy atom. The molecule has 0 aromatic carbocycles. The monoisotopic (exact) mass is 327 g/mol. The molecule has 0 aliphatic carbocycles. The van der Waals surface area contributed by atoms with Crippen molar-refractivity contribution in [2.24, 2.45) is 0 Å². The second-order valence-corrected chi connectivity index (χ2v) is 7.58.